The van der Waals surface area contributed by atoms with E-state index >= 15 is 0 Å². The summed E-state index contributed by atoms with van der Waals surface area (Å²) in [5, 5.41) is 54.1. The Morgan fingerprint density at radius 1 is 0.554 bits per heavy atom. The lowest BCUT2D eigenvalue weighted by Gasteiger charge is -2.40. The Morgan fingerprint density at radius 3 is 1.54 bits per heavy atom. The smallest absolute Gasteiger partial charge is 0.305 e. The standard InChI is InChI=1S/C54H99NO10/c1-3-5-7-9-11-13-21-26-30-34-38-42-50(59)63-43-39-35-31-27-23-20-18-16-15-17-19-22-25-29-33-37-41-49(58)55-46(45-64-54-53(62)52(61)51(60)48(44-56)65-54)47(57)40-36-32-28-24-14-12-10-8-6-4-2/h14-15,17,24,36,40,46-48,51-54,56-57,60-62H,3-13,16,18-23,25-35,37-39,41-45H2,1-2H3,(H,55,58)/b17-15-,24-14+,40-36+. The highest BCUT2D eigenvalue weighted by atomic mass is 16.7. The maximum absolute atomic E-state index is 13.0. The average Bonchev–Trinajstić information content (AvgIpc) is 3.30. The summed E-state index contributed by atoms with van der Waals surface area (Å²) in [4.78, 5) is 25.0. The number of aliphatic hydroxyl groups excluding tert-OH is 5. The second kappa shape index (κ2) is 44.4. The van der Waals surface area contributed by atoms with Gasteiger partial charge in [-0.3, -0.25) is 9.59 Å². The van der Waals surface area contributed by atoms with Crippen molar-refractivity contribution in [2.24, 2.45) is 0 Å². The topological polar surface area (TPSA) is 175 Å². The predicted molar refractivity (Wildman–Crippen MR) is 264 cm³/mol. The molecule has 0 radical (unpaired) electrons. The van der Waals surface area contributed by atoms with E-state index in [2.05, 4.69) is 43.5 Å². The molecule has 1 aliphatic heterocycles. The third-order valence-electron chi connectivity index (χ3n) is 12.5. The summed E-state index contributed by atoms with van der Waals surface area (Å²) in [7, 11) is 0. The fraction of sp³-hybridized carbons (Fsp3) is 0.852. The van der Waals surface area contributed by atoms with Crippen molar-refractivity contribution in [2.75, 3.05) is 19.8 Å². The normalized spacial score (nSPS) is 20.0. The first-order valence-corrected chi connectivity index (χ1v) is 26.8. The van der Waals surface area contributed by atoms with Gasteiger partial charge in [0.05, 0.1) is 32.0 Å². The number of aliphatic hydroxyl groups is 5. The zero-order valence-electron chi connectivity index (χ0n) is 41.4. The Balaban J connectivity index is 2.14. The monoisotopic (exact) mass is 922 g/mol. The molecule has 0 aromatic heterocycles. The van der Waals surface area contributed by atoms with Gasteiger partial charge in [-0.15, -0.1) is 0 Å². The number of hydrogen-bond donors (Lipinski definition) is 6. The second-order valence-corrected chi connectivity index (χ2v) is 18.6. The quantitative estimate of drug-likeness (QED) is 0.0196. The molecule has 6 N–H and O–H groups in total. The molecule has 1 amide bonds. The predicted octanol–water partition coefficient (Wildman–Crippen LogP) is 11.2. The number of hydrogen-bond acceptors (Lipinski definition) is 10. The number of carbonyl (C=O) groups is 2. The van der Waals surface area contributed by atoms with Crippen LogP contribution < -0.4 is 5.32 Å². The van der Waals surface area contributed by atoms with Crippen LogP contribution in [-0.2, 0) is 23.8 Å². The van der Waals surface area contributed by atoms with Crippen LogP contribution in [0, 0.1) is 0 Å². The molecule has 1 rings (SSSR count). The summed E-state index contributed by atoms with van der Waals surface area (Å²) >= 11 is 0. The second-order valence-electron chi connectivity index (χ2n) is 18.6. The van der Waals surface area contributed by atoms with E-state index in [1.807, 2.05) is 6.08 Å². The summed E-state index contributed by atoms with van der Waals surface area (Å²) < 4.78 is 16.6. The third kappa shape index (κ3) is 34.8. The van der Waals surface area contributed by atoms with Gasteiger partial charge < -0.3 is 45.1 Å². The van der Waals surface area contributed by atoms with Crippen molar-refractivity contribution < 1.29 is 49.3 Å². The molecule has 380 valence electrons. The van der Waals surface area contributed by atoms with Gasteiger partial charge in [-0.05, 0) is 70.6 Å². The van der Waals surface area contributed by atoms with Crippen molar-refractivity contribution in [2.45, 2.75) is 275 Å². The average molecular weight is 922 g/mol. The van der Waals surface area contributed by atoms with E-state index in [1.165, 1.54) is 116 Å². The van der Waals surface area contributed by atoms with E-state index < -0.39 is 49.5 Å². The van der Waals surface area contributed by atoms with Crippen LogP contribution in [0.5, 0.6) is 0 Å². The van der Waals surface area contributed by atoms with Gasteiger partial charge >= 0.3 is 5.97 Å². The molecule has 0 aromatic rings. The molecule has 0 aliphatic carbocycles. The number of unbranched alkanes of at least 4 members (excludes halogenated alkanes) is 27. The van der Waals surface area contributed by atoms with Crippen LogP contribution in [0.15, 0.2) is 36.5 Å². The van der Waals surface area contributed by atoms with Crippen LogP contribution in [0.4, 0.5) is 0 Å². The van der Waals surface area contributed by atoms with Gasteiger partial charge in [-0.25, -0.2) is 0 Å². The highest BCUT2D eigenvalue weighted by molar-refractivity contribution is 5.76. The number of ether oxygens (including phenoxy) is 3. The molecule has 1 heterocycles. The zero-order chi connectivity index (χ0) is 47.4. The fourth-order valence-electron chi connectivity index (χ4n) is 8.15. The maximum atomic E-state index is 13.0. The highest BCUT2D eigenvalue weighted by Crippen LogP contribution is 2.23. The Hall–Kier alpha value is -2.12. The summed E-state index contributed by atoms with van der Waals surface area (Å²) in [5.74, 6) is -0.234. The van der Waals surface area contributed by atoms with Crippen molar-refractivity contribution in [3.05, 3.63) is 36.5 Å². The lowest BCUT2D eigenvalue weighted by Crippen LogP contribution is -2.60. The minimum absolute atomic E-state index is 0.0227. The Labute approximate surface area is 396 Å². The van der Waals surface area contributed by atoms with Crippen LogP contribution in [0.1, 0.15) is 232 Å². The first-order chi connectivity index (χ1) is 31.7. The maximum Gasteiger partial charge on any atom is 0.305 e. The van der Waals surface area contributed by atoms with Crippen LogP contribution in [-0.4, -0.2) is 100 Å². The lowest BCUT2D eigenvalue weighted by atomic mass is 9.99. The van der Waals surface area contributed by atoms with Gasteiger partial charge in [0, 0.05) is 12.8 Å². The molecule has 11 nitrogen and oxygen atoms in total. The van der Waals surface area contributed by atoms with Crippen LogP contribution in [0.25, 0.3) is 0 Å². The van der Waals surface area contributed by atoms with Gasteiger partial charge in [-0.1, -0.05) is 185 Å². The molecule has 1 saturated heterocycles. The van der Waals surface area contributed by atoms with Crippen molar-refractivity contribution in [1.82, 2.24) is 5.32 Å². The minimum Gasteiger partial charge on any atom is -0.466 e. The Bertz CT molecular complexity index is 1180. The van der Waals surface area contributed by atoms with Crippen molar-refractivity contribution in [3.8, 4) is 0 Å². The summed E-state index contributed by atoms with van der Waals surface area (Å²) in [6.45, 7) is 4.24. The molecule has 0 bridgehead atoms. The fourth-order valence-corrected chi connectivity index (χ4v) is 8.15. The van der Waals surface area contributed by atoms with Crippen LogP contribution in [0.3, 0.4) is 0 Å². The molecule has 65 heavy (non-hydrogen) atoms. The Morgan fingerprint density at radius 2 is 1.00 bits per heavy atom. The van der Waals surface area contributed by atoms with Crippen molar-refractivity contribution in [3.63, 3.8) is 0 Å². The molecule has 1 aliphatic rings. The first-order valence-electron chi connectivity index (χ1n) is 26.8. The number of esters is 1. The number of carbonyl (C=O) groups excluding carboxylic acids is 2. The number of rotatable bonds is 45. The van der Waals surface area contributed by atoms with E-state index in [-0.39, 0.29) is 18.5 Å². The van der Waals surface area contributed by atoms with Gasteiger partial charge in [0.15, 0.2) is 6.29 Å². The van der Waals surface area contributed by atoms with E-state index in [1.54, 1.807) is 6.08 Å². The van der Waals surface area contributed by atoms with E-state index in [0.29, 0.717) is 19.4 Å². The molecule has 0 spiro atoms. The highest BCUT2D eigenvalue weighted by Gasteiger charge is 2.44. The minimum atomic E-state index is -1.58. The number of nitrogens with one attached hydrogen (secondary N) is 1. The van der Waals surface area contributed by atoms with Gasteiger partial charge in [-0.2, -0.15) is 0 Å². The van der Waals surface area contributed by atoms with Gasteiger partial charge in [0.2, 0.25) is 5.91 Å². The molecule has 7 unspecified atom stereocenters. The summed E-state index contributed by atoms with van der Waals surface area (Å²) in [6, 6.07) is -0.838. The van der Waals surface area contributed by atoms with Crippen molar-refractivity contribution in [1.29, 1.82) is 0 Å². The molecular weight excluding hydrogens is 823 g/mol. The molecule has 1 fully saturated rings. The van der Waals surface area contributed by atoms with E-state index in [4.69, 9.17) is 14.2 Å². The van der Waals surface area contributed by atoms with Gasteiger partial charge in [0.1, 0.15) is 24.4 Å². The number of allylic oxidation sites excluding steroid dienone is 5. The third-order valence-corrected chi connectivity index (χ3v) is 12.5. The van der Waals surface area contributed by atoms with Gasteiger partial charge in [0.25, 0.3) is 0 Å². The molecule has 7 atom stereocenters. The van der Waals surface area contributed by atoms with Crippen LogP contribution in [0.2, 0.25) is 0 Å². The summed E-state index contributed by atoms with van der Waals surface area (Å²) in [6.07, 6.45) is 42.3. The lowest BCUT2D eigenvalue weighted by molar-refractivity contribution is -0.302. The zero-order valence-corrected chi connectivity index (χ0v) is 41.4. The van der Waals surface area contributed by atoms with E-state index in [9.17, 15) is 35.1 Å². The summed E-state index contributed by atoms with van der Waals surface area (Å²) in [5.41, 5.74) is 0. The first kappa shape index (κ1) is 60.9. The molecule has 0 aromatic carbocycles. The van der Waals surface area contributed by atoms with Crippen LogP contribution >= 0.6 is 0 Å². The Kier molecular flexibility index (Phi) is 41.6. The molecule has 0 saturated carbocycles. The SMILES string of the molecule is CCCCCC/C=C/CC/C=C/C(O)C(COC1OC(CO)C(O)C(O)C1O)NC(=O)CCCCCCC/C=C\CCCCCCCCCOC(=O)CCCCCCCCCCCCC. The molecule has 11 heteroatoms. The van der Waals surface area contributed by atoms with E-state index in [0.717, 1.165) is 89.9 Å². The van der Waals surface area contributed by atoms with Crippen molar-refractivity contribution >= 4 is 11.9 Å². The number of amides is 1. The largest absolute Gasteiger partial charge is 0.466 e. The molecular formula is C54H99NO10.